The zero-order valence-corrected chi connectivity index (χ0v) is 13.2. The second-order valence-corrected chi connectivity index (χ2v) is 6.02. The summed E-state index contributed by atoms with van der Waals surface area (Å²) in [5.41, 5.74) is 9.25. The van der Waals surface area contributed by atoms with Crippen LogP contribution in [0, 0.1) is 0 Å². The van der Waals surface area contributed by atoms with Crippen molar-refractivity contribution < 1.29 is 0 Å². The van der Waals surface area contributed by atoms with Gasteiger partial charge in [-0.15, -0.1) is 0 Å². The Morgan fingerprint density at radius 2 is 1.90 bits per heavy atom. The first-order valence-corrected chi connectivity index (χ1v) is 8.10. The minimum absolute atomic E-state index is 0.618. The summed E-state index contributed by atoms with van der Waals surface area (Å²) in [5, 5.41) is 4.60. The number of nitrogens with two attached hydrogens (primary N) is 1. The monoisotopic (exact) mass is 290 g/mol. The number of hydrogen-bond donors (Lipinski definition) is 1. The largest absolute Gasteiger partial charge is 0.369 e. The van der Waals surface area contributed by atoms with E-state index in [9.17, 15) is 0 Å². The molecule has 0 bridgehead atoms. The van der Waals surface area contributed by atoms with Crippen LogP contribution in [0.15, 0.2) is 0 Å². The summed E-state index contributed by atoms with van der Waals surface area (Å²) in [7, 11) is 1.99. The van der Waals surface area contributed by atoms with Crippen molar-refractivity contribution in [3.63, 3.8) is 0 Å². The number of imidazole rings is 1. The normalized spacial score (nSPS) is 16.9. The van der Waals surface area contributed by atoms with E-state index >= 15 is 0 Å². The molecule has 116 valence electrons. The summed E-state index contributed by atoms with van der Waals surface area (Å²) < 4.78 is 4.05. The molecule has 6 nitrogen and oxygen atoms in total. The lowest BCUT2D eigenvalue weighted by molar-refractivity contribution is 0.221. The third-order valence-electron chi connectivity index (χ3n) is 4.40. The molecule has 0 aromatic carbocycles. The Hall–Kier alpha value is -1.56. The predicted octanol–water partition coefficient (Wildman–Crippen LogP) is 1.79. The van der Waals surface area contributed by atoms with Gasteiger partial charge in [-0.05, 0) is 32.4 Å². The van der Waals surface area contributed by atoms with Crippen LogP contribution in [-0.2, 0) is 20.0 Å². The van der Waals surface area contributed by atoms with Gasteiger partial charge in [0.1, 0.15) is 5.52 Å². The van der Waals surface area contributed by atoms with Crippen LogP contribution in [0.3, 0.4) is 0 Å². The molecular formula is C15H26N6. The molecule has 1 aliphatic rings. The van der Waals surface area contributed by atoms with E-state index in [0.717, 1.165) is 42.8 Å². The number of nitrogens with zero attached hydrogens (tertiary/aromatic N) is 5. The van der Waals surface area contributed by atoms with Gasteiger partial charge in [0.25, 0.3) is 0 Å². The van der Waals surface area contributed by atoms with Crippen molar-refractivity contribution in [3.05, 3.63) is 5.69 Å². The molecule has 3 rings (SSSR count). The lowest BCUT2D eigenvalue weighted by Crippen LogP contribution is -2.32. The van der Waals surface area contributed by atoms with Crippen LogP contribution in [0.1, 0.15) is 38.3 Å². The maximum Gasteiger partial charge on any atom is 0.202 e. The minimum atomic E-state index is 0.618. The molecule has 0 amide bonds. The summed E-state index contributed by atoms with van der Waals surface area (Å²) in [4.78, 5) is 7.08. The number of hydrogen-bond acceptors (Lipinski definition) is 4. The molecule has 3 heterocycles. The van der Waals surface area contributed by atoms with E-state index in [0.29, 0.717) is 5.95 Å². The van der Waals surface area contributed by atoms with Crippen LogP contribution >= 0.6 is 0 Å². The first kappa shape index (κ1) is 14.4. The minimum Gasteiger partial charge on any atom is -0.369 e. The molecule has 6 heteroatoms. The van der Waals surface area contributed by atoms with Crippen LogP contribution in [0.2, 0.25) is 0 Å². The number of aromatic nitrogens is 4. The van der Waals surface area contributed by atoms with Gasteiger partial charge in [0.15, 0.2) is 5.65 Å². The van der Waals surface area contributed by atoms with E-state index in [1.807, 2.05) is 11.7 Å². The molecule has 0 unspecified atom stereocenters. The molecular weight excluding hydrogens is 264 g/mol. The predicted molar refractivity (Wildman–Crippen MR) is 85.2 cm³/mol. The van der Waals surface area contributed by atoms with Gasteiger partial charge in [-0.2, -0.15) is 5.10 Å². The molecule has 1 saturated heterocycles. The topological polar surface area (TPSA) is 64.9 Å². The fourth-order valence-electron chi connectivity index (χ4n) is 3.31. The molecule has 21 heavy (non-hydrogen) atoms. The molecule has 0 saturated carbocycles. The van der Waals surface area contributed by atoms with Crippen molar-refractivity contribution in [3.8, 4) is 0 Å². The molecule has 0 spiro atoms. The van der Waals surface area contributed by atoms with E-state index in [1.165, 1.54) is 32.4 Å². The lowest BCUT2D eigenvalue weighted by Gasteiger charge is -2.26. The maximum atomic E-state index is 6.14. The smallest absolute Gasteiger partial charge is 0.202 e. The highest BCUT2D eigenvalue weighted by molar-refractivity contribution is 5.77. The lowest BCUT2D eigenvalue weighted by atomic mass is 10.1. The molecule has 1 aliphatic heterocycles. The highest BCUT2D eigenvalue weighted by atomic mass is 15.4. The fourth-order valence-corrected chi connectivity index (χ4v) is 3.31. The molecule has 0 radical (unpaired) electrons. The number of likely N-dealkylation sites (tertiary alicyclic amines) is 1. The number of fused-ring (bicyclic) bond motifs is 1. The van der Waals surface area contributed by atoms with E-state index < -0.39 is 0 Å². The van der Waals surface area contributed by atoms with Crippen LogP contribution in [0.4, 0.5) is 5.95 Å². The Labute approximate surface area is 125 Å². The molecule has 0 aliphatic carbocycles. The van der Waals surface area contributed by atoms with E-state index in [1.54, 1.807) is 0 Å². The van der Waals surface area contributed by atoms with Crippen molar-refractivity contribution >= 4 is 17.1 Å². The summed E-state index contributed by atoms with van der Waals surface area (Å²) in [6, 6.07) is 0. The third-order valence-corrected chi connectivity index (χ3v) is 4.40. The molecule has 0 atom stereocenters. The Morgan fingerprint density at radius 1 is 1.14 bits per heavy atom. The Morgan fingerprint density at radius 3 is 2.62 bits per heavy atom. The van der Waals surface area contributed by atoms with Gasteiger partial charge in [0.2, 0.25) is 5.95 Å². The van der Waals surface area contributed by atoms with E-state index in [2.05, 4.69) is 26.5 Å². The van der Waals surface area contributed by atoms with Crippen molar-refractivity contribution in [2.24, 2.45) is 7.05 Å². The SMILES string of the molecule is CCCc1nn(C)c2c1nc(N)n2CCN1CCCCC1. The summed E-state index contributed by atoms with van der Waals surface area (Å²) >= 11 is 0. The van der Waals surface area contributed by atoms with Crippen molar-refractivity contribution in [2.45, 2.75) is 45.6 Å². The molecule has 2 aromatic rings. The van der Waals surface area contributed by atoms with E-state index in [-0.39, 0.29) is 0 Å². The quantitative estimate of drug-likeness (QED) is 0.912. The van der Waals surface area contributed by atoms with Crippen molar-refractivity contribution in [1.82, 2.24) is 24.2 Å². The standard InChI is InChI=1S/C15H26N6/c1-3-7-12-13-14(19(2)18-12)21(15(16)17-13)11-10-20-8-5-4-6-9-20/h3-11H2,1-2H3,(H2,16,17). The van der Waals surface area contributed by atoms with E-state index in [4.69, 9.17) is 5.73 Å². The van der Waals surface area contributed by atoms with Gasteiger partial charge >= 0.3 is 0 Å². The maximum absolute atomic E-state index is 6.14. The first-order valence-electron chi connectivity index (χ1n) is 8.10. The zero-order valence-electron chi connectivity index (χ0n) is 13.2. The second-order valence-electron chi connectivity index (χ2n) is 6.02. The fraction of sp³-hybridized carbons (Fsp3) is 0.733. The molecule has 2 aromatic heterocycles. The van der Waals surface area contributed by atoms with Crippen LogP contribution in [-0.4, -0.2) is 43.9 Å². The highest BCUT2D eigenvalue weighted by Crippen LogP contribution is 2.22. The highest BCUT2D eigenvalue weighted by Gasteiger charge is 2.18. The van der Waals surface area contributed by atoms with Crippen molar-refractivity contribution in [1.29, 1.82) is 0 Å². The van der Waals surface area contributed by atoms with Gasteiger partial charge in [-0.3, -0.25) is 9.25 Å². The Bertz CT molecular complexity index is 605. The zero-order chi connectivity index (χ0) is 14.8. The van der Waals surface area contributed by atoms with Gasteiger partial charge < -0.3 is 10.6 Å². The summed E-state index contributed by atoms with van der Waals surface area (Å²) in [6.45, 7) is 6.53. The number of rotatable bonds is 5. The van der Waals surface area contributed by atoms with Crippen molar-refractivity contribution in [2.75, 3.05) is 25.4 Å². The number of aryl methyl sites for hydroxylation is 2. The van der Waals surface area contributed by atoms with Gasteiger partial charge in [0, 0.05) is 20.1 Å². The summed E-state index contributed by atoms with van der Waals surface area (Å²) in [5.74, 6) is 0.618. The number of nitrogen functional groups attached to an aromatic ring is 1. The van der Waals surface area contributed by atoms with Crippen LogP contribution in [0.5, 0.6) is 0 Å². The Kier molecular flexibility index (Phi) is 4.14. The first-order chi connectivity index (χ1) is 10.2. The molecule has 2 N–H and O–H groups in total. The number of piperidine rings is 1. The van der Waals surface area contributed by atoms with Crippen LogP contribution in [0.25, 0.3) is 11.2 Å². The Balaban J connectivity index is 1.82. The second kappa shape index (κ2) is 6.05. The van der Waals surface area contributed by atoms with Crippen LogP contribution < -0.4 is 5.73 Å². The third kappa shape index (κ3) is 2.77. The molecule has 1 fully saturated rings. The van der Waals surface area contributed by atoms with Gasteiger partial charge in [0.05, 0.1) is 5.69 Å². The van der Waals surface area contributed by atoms with Gasteiger partial charge in [-0.1, -0.05) is 19.8 Å². The van der Waals surface area contributed by atoms with Gasteiger partial charge in [-0.25, -0.2) is 4.98 Å². The number of anilines is 1. The average molecular weight is 290 g/mol. The summed E-state index contributed by atoms with van der Waals surface area (Å²) in [6.07, 6.45) is 6.05. The average Bonchev–Trinajstić information content (AvgIpc) is 2.96.